The monoisotopic (exact) mass is 406 g/mol. The topological polar surface area (TPSA) is 52.7 Å². The van der Waals surface area contributed by atoms with Crippen molar-refractivity contribution < 1.29 is 13.2 Å². The Morgan fingerprint density at radius 2 is 1.60 bits per heavy atom. The summed E-state index contributed by atoms with van der Waals surface area (Å²) in [7, 11) is 0. The molecule has 1 aliphatic rings. The van der Waals surface area contributed by atoms with Crippen LogP contribution in [0.15, 0.2) is 78.9 Å². The fourth-order valence-corrected chi connectivity index (χ4v) is 3.80. The molecule has 3 N–H and O–H groups in total. The minimum Gasteiger partial charge on any atom is -0.374 e. The summed E-state index contributed by atoms with van der Waals surface area (Å²) >= 11 is 0. The summed E-state index contributed by atoms with van der Waals surface area (Å²) < 4.78 is 40.8. The van der Waals surface area contributed by atoms with Crippen molar-refractivity contribution in [2.45, 2.75) is 12.2 Å². The molecule has 150 valence electrons. The fourth-order valence-electron chi connectivity index (χ4n) is 3.80. The number of anilines is 2. The van der Waals surface area contributed by atoms with Gasteiger partial charge in [-0.1, -0.05) is 48.5 Å². The second-order valence-corrected chi connectivity index (χ2v) is 7.08. The van der Waals surface area contributed by atoms with Crippen LogP contribution in [0.4, 0.5) is 24.7 Å². The molecule has 1 aromatic heterocycles. The molecule has 5 rings (SSSR count). The maximum Gasteiger partial charge on any atom is 0.416 e. The standard InChI is InChI=1S/C23H17F3N4/c24-23(25,26)17-10-4-1-7-14(17)20-13-21(15-8-2-5-11-18(15)27-20)28-22-16-9-3-6-12-19(16)29-30-22/h1-13,20,27H,(H2,28,29,30). The largest absolute Gasteiger partial charge is 0.416 e. The van der Waals surface area contributed by atoms with Gasteiger partial charge in [-0.15, -0.1) is 0 Å². The first-order valence-corrected chi connectivity index (χ1v) is 9.45. The Balaban J connectivity index is 1.61. The number of alkyl halides is 3. The first-order chi connectivity index (χ1) is 14.5. The highest BCUT2D eigenvalue weighted by atomic mass is 19.4. The zero-order valence-corrected chi connectivity index (χ0v) is 15.7. The maximum absolute atomic E-state index is 13.6. The van der Waals surface area contributed by atoms with E-state index in [0.29, 0.717) is 11.5 Å². The fraction of sp³-hybridized carbons (Fsp3) is 0.0870. The lowest BCUT2D eigenvalue weighted by molar-refractivity contribution is -0.138. The number of rotatable bonds is 3. The third kappa shape index (κ3) is 3.18. The van der Waals surface area contributed by atoms with Crippen LogP contribution in [0.25, 0.3) is 16.6 Å². The van der Waals surface area contributed by atoms with E-state index in [1.165, 1.54) is 12.1 Å². The summed E-state index contributed by atoms with van der Waals surface area (Å²) in [5, 5.41) is 14.8. The molecule has 0 spiro atoms. The molecule has 0 amide bonds. The Kier molecular flexibility index (Phi) is 4.24. The highest BCUT2D eigenvalue weighted by molar-refractivity contribution is 5.95. The van der Waals surface area contributed by atoms with Gasteiger partial charge in [-0.25, -0.2) is 0 Å². The Labute approximate surface area is 170 Å². The lowest BCUT2D eigenvalue weighted by atomic mass is 9.94. The van der Waals surface area contributed by atoms with Crippen LogP contribution in [0, 0.1) is 0 Å². The number of aromatic amines is 1. The molecule has 3 aromatic carbocycles. The van der Waals surface area contributed by atoms with Crippen molar-refractivity contribution in [3.05, 3.63) is 95.6 Å². The molecule has 4 nitrogen and oxygen atoms in total. The number of nitrogens with zero attached hydrogens (tertiary/aromatic N) is 1. The van der Waals surface area contributed by atoms with E-state index < -0.39 is 17.8 Å². The van der Waals surface area contributed by atoms with Crippen LogP contribution in [0.2, 0.25) is 0 Å². The van der Waals surface area contributed by atoms with Gasteiger partial charge in [-0.3, -0.25) is 5.10 Å². The molecule has 1 unspecified atom stereocenters. The number of fused-ring (bicyclic) bond motifs is 2. The summed E-state index contributed by atoms with van der Waals surface area (Å²) in [6, 6.07) is 20.2. The summed E-state index contributed by atoms with van der Waals surface area (Å²) in [6.45, 7) is 0. The van der Waals surface area contributed by atoms with Crippen molar-refractivity contribution >= 4 is 28.1 Å². The SMILES string of the molecule is FC(F)(F)c1ccccc1C1C=C(Nc2n[nH]c3ccccc23)c2ccccc2N1. The van der Waals surface area contributed by atoms with Gasteiger partial charge in [0, 0.05) is 22.3 Å². The minimum absolute atomic E-state index is 0.172. The molecule has 0 saturated heterocycles. The van der Waals surface area contributed by atoms with Crippen LogP contribution in [0.3, 0.4) is 0 Å². The van der Waals surface area contributed by atoms with Gasteiger partial charge in [0.1, 0.15) is 0 Å². The number of para-hydroxylation sites is 2. The maximum atomic E-state index is 13.6. The van der Waals surface area contributed by atoms with E-state index in [0.717, 1.165) is 28.2 Å². The number of hydrogen-bond donors (Lipinski definition) is 3. The van der Waals surface area contributed by atoms with Crippen molar-refractivity contribution in [2.75, 3.05) is 10.6 Å². The zero-order valence-electron chi connectivity index (χ0n) is 15.7. The van der Waals surface area contributed by atoms with E-state index in [-0.39, 0.29) is 5.56 Å². The molecule has 0 bridgehead atoms. The van der Waals surface area contributed by atoms with Gasteiger partial charge in [0.25, 0.3) is 0 Å². The Hall–Kier alpha value is -3.74. The third-order valence-corrected chi connectivity index (χ3v) is 5.19. The quantitative estimate of drug-likeness (QED) is 0.380. The second kappa shape index (κ2) is 6.95. The van der Waals surface area contributed by atoms with E-state index in [1.54, 1.807) is 12.1 Å². The number of aromatic nitrogens is 2. The molecule has 1 aliphatic heterocycles. The number of H-pyrrole nitrogens is 1. The number of hydrogen-bond acceptors (Lipinski definition) is 3. The molecular formula is C23H17F3N4. The van der Waals surface area contributed by atoms with E-state index in [9.17, 15) is 13.2 Å². The van der Waals surface area contributed by atoms with Gasteiger partial charge in [-0.2, -0.15) is 18.3 Å². The van der Waals surface area contributed by atoms with Gasteiger partial charge in [0.2, 0.25) is 0 Å². The molecule has 0 radical (unpaired) electrons. The summed E-state index contributed by atoms with van der Waals surface area (Å²) in [5.41, 5.74) is 2.72. The smallest absolute Gasteiger partial charge is 0.374 e. The van der Waals surface area contributed by atoms with Crippen molar-refractivity contribution in [2.24, 2.45) is 0 Å². The average Bonchev–Trinajstić information content (AvgIpc) is 3.16. The van der Waals surface area contributed by atoms with Crippen LogP contribution in [-0.4, -0.2) is 10.2 Å². The lowest BCUT2D eigenvalue weighted by Gasteiger charge is -2.28. The molecular weight excluding hydrogens is 389 g/mol. The van der Waals surface area contributed by atoms with Gasteiger partial charge in [-0.05, 0) is 35.9 Å². The van der Waals surface area contributed by atoms with E-state index >= 15 is 0 Å². The number of nitrogens with one attached hydrogen (secondary N) is 3. The van der Waals surface area contributed by atoms with Gasteiger partial charge >= 0.3 is 6.18 Å². The van der Waals surface area contributed by atoms with Crippen LogP contribution in [-0.2, 0) is 6.18 Å². The summed E-state index contributed by atoms with van der Waals surface area (Å²) in [6.07, 6.45) is -2.66. The normalized spacial score (nSPS) is 16.0. The van der Waals surface area contributed by atoms with Crippen LogP contribution in [0.1, 0.15) is 22.7 Å². The van der Waals surface area contributed by atoms with Gasteiger partial charge in [0.15, 0.2) is 5.82 Å². The average molecular weight is 406 g/mol. The molecule has 4 aromatic rings. The second-order valence-electron chi connectivity index (χ2n) is 7.08. The van der Waals surface area contributed by atoms with E-state index in [2.05, 4.69) is 20.8 Å². The highest BCUT2D eigenvalue weighted by Crippen LogP contribution is 2.40. The zero-order chi connectivity index (χ0) is 20.7. The van der Waals surface area contributed by atoms with Crippen molar-refractivity contribution in [3.63, 3.8) is 0 Å². The Bertz CT molecular complexity index is 1260. The predicted molar refractivity (Wildman–Crippen MR) is 112 cm³/mol. The van der Waals surface area contributed by atoms with Crippen molar-refractivity contribution in [3.8, 4) is 0 Å². The predicted octanol–water partition coefficient (Wildman–Crippen LogP) is 6.20. The Morgan fingerprint density at radius 1 is 0.867 bits per heavy atom. The van der Waals surface area contributed by atoms with Gasteiger partial charge < -0.3 is 10.6 Å². The third-order valence-electron chi connectivity index (χ3n) is 5.19. The van der Waals surface area contributed by atoms with Crippen LogP contribution in [0.5, 0.6) is 0 Å². The lowest BCUT2D eigenvalue weighted by Crippen LogP contribution is -2.20. The minimum atomic E-state index is -4.44. The molecule has 2 heterocycles. The van der Waals surface area contributed by atoms with Crippen molar-refractivity contribution in [1.82, 2.24) is 10.2 Å². The molecule has 0 fully saturated rings. The molecule has 0 saturated carbocycles. The van der Waals surface area contributed by atoms with Crippen LogP contribution >= 0.6 is 0 Å². The number of halogens is 3. The highest BCUT2D eigenvalue weighted by Gasteiger charge is 2.35. The van der Waals surface area contributed by atoms with E-state index in [4.69, 9.17) is 0 Å². The van der Waals surface area contributed by atoms with E-state index in [1.807, 2.05) is 48.5 Å². The first-order valence-electron chi connectivity index (χ1n) is 9.45. The first kappa shape index (κ1) is 18.3. The van der Waals surface area contributed by atoms with Crippen LogP contribution < -0.4 is 10.6 Å². The molecule has 1 atom stereocenters. The molecule has 30 heavy (non-hydrogen) atoms. The van der Waals surface area contributed by atoms with Gasteiger partial charge in [0.05, 0.1) is 17.1 Å². The molecule has 0 aliphatic carbocycles. The summed E-state index contributed by atoms with van der Waals surface area (Å²) in [4.78, 5) is 0. The number of benzene rings is 3. The van der Waals surface area contributed by atoms with Crippen molar-refractivity contribution in [1.29, 1.82) is 0 Å². The molecule has 7 heteroatoms. The Morgan fingerprint density at radius 3 is 2.47 bits per heavy atom. The summed E-state index contributed by atoms with van der Waals surface area (Å²) in [5.74, 6) is 0.622.